The number of ether oxygens (including phenoxy) is 1. The Kier molecular flexibility index (Phi) is 3.22. The van der Waals surface area contributed by atoms with Crippen LogP contribution in [0.4, 0.5) is 11.4 Å². The van der Waals surface area contributed by atoms with Crippen molar-refractivity contribution in [3.63, 3.8) is 0 Å². The van der Waals surface area contributed by atoms with Gasteiger partial charge in [-0.2, -0.15) is 0 Å². The molecule has 1 aromatic rings. The predicted molar refractivity (Wildman–Crippen MR) is 68.3 cm³/mol. The van der Waals surface area contributed by atoms with E-state index in [1.165, 1.54) is 0 Å². The lowest BCUT2D eigenvalue weighted by molar-refractivity contribution is 0.342. The molecule has 0 saturated heterocycles. The molecule has 1 aromatic carbocycles. The van der Waals surface area contributed by atoms with Gasteiger partial charge in [-0.25, -0.2) is 0 Å². The summed E-state index contributed by atoms with van der Waals surface area (Å²) in [6.07, 6.45) is 0. The number of hydrogen-bond donors (Lipinski definition) is 2. The third-order valence-corrected chi connectivity index (χ3v) is 3.16. The van der Waals surface area contributed by atoms with Crippen molar-refractivity contribution in [3.8, 4) is 5.75 Å². The number of rotatable bonds is 2. The van der Waals surface area contributed by atoms with Crippen LogP contribution < -0.4 is 15.4 Å². The minimum absolute atomic E-state index is 0.477. The van der Waals surface area contributed by atoms with E-state index in [0.717, 1.165) is 23.7 Å². The van der Waals surface area contributed by atoms with Crippen molar-refractivity contribution in [1.29, 1.82) is 0 Å². The van der Waals surface area contributed by atoms with Gasteiger partial charge in [0.2, 0.25) is 0 Å². The summed E-state index contributed by atoms with van der Waals surface area (Å²) in [6.45, 7) is 8.15. The van der Waals surface area contributed by atoms with Gasteiger partial charge in [-0.3, -0.25) is 0 Å². The quantitative estimate of drug-likeness (QED) is 0.804. The van der Waals surface area contributed by atoms with E-state index >= 15 is 0 Å². The van der Waals surface area contributed by atoms with E-state index in [9.17, 15) is 0 Å². The van der Waals surface area contributed by atoms with Crippen molar-refractivity contribution in [1.82, 2.24) is 0 Å². The van der Waals surface area contributed by atoms with Gasteiger partial charge in [-0.1, -0.05) is 13.0 Å². The molecule has 0 radical (unpaired) electrons. The summed E-state index contributed by atoms with van der Waals surface area (Å²) in [6, 6.07) is 6.61. The Labute approximate surface area is 97.2 Å². The van der Waals surface area contributed by atoms with Crippen LogP contribution in [0.1, 0.15) is 20.8 Å². The van der Waals surface area contributed by atoms with Gasteiger partial charge in [-0.05, 0) is 31.9 Å². The highest BCUT2D eigenvalue weighted by atomic mass is 16.5. The largest absolute Gasteiger partial charge is 0.492 e. The monoisotopic (exact) mass is 220 g/mol. The van der Waals surface area contributed by atoms with Crippen LogP contribution in [0.3, 0.4) is 0 Å². The van der Waals surface area contributed by atoms with Crippen LogP contribution in [0.5, 0.6) is 5.75 Å². The second-order valence-corrected chi connectivity index (χ2v) is 4.40. The third-order valence-electron chi connectivity index (χ3n) is 3.16. The Morgan fingerprint density at radius 2 is 2.19 bits per heavy atom. The van der Waals surface area contributed by atoms with Gasteiger partial charge >= 0.3 is 0 Å². The lowest BCUT2D eigenvalue weighted by atomic mass is 10.0. The van der Waals surface area contributed by atoms with Crippen molar-refractivity contribution < 1.29 is 4.74 Å². The Balaban J connectivity index is 2.32. The highest BCUT2D eigenvalue weighted by molar-refractivity contribution is 5.76. The van der Waals surface area contributed by atoms with E-state index < -0.39 is 0 Å². The molecule has 1 aliphatic heterocycles. The van der Waals surface area contributed by atoms with Crippen LogP contribution in [-0.4, -0.2) is 19.2 Å². The molecule has 3 nitrogen and oxygen atoms in total. The molecule has 0 amide bonds. The molecule has 0 spiro atoms. The number of nitrogens with one attached hydrogen (secondary N) is 2. The highest BCUT2D eigenvalue weighted by Crippen LogP contribution is 2.35. The number of para-hydroxylation sites is 1. The molecule has 2 N–H and O–H groups in total. The first-order valence-electron chi connectivity index (χ1n) is 5.98. The first-order chi connectivity index (χ1) is 7.72. The predicted octanol–water partition coefficient (Wildman–Crippen LogP) is 2.95. The van der Waals surface area contributed by atoms with Crippen molar-refractivity contribution in [2.24, 2.45) is 5.92 Å². The minimum Gasteiger partial charge on any atom is -0.492 e. The summed E-state index contributed by atoms with van der Waals surface area (Å²) in [4.78, 5) is 0. The molecule has 1 aliphatic rings. The van der Waals surface area contributed by atoms with Gasteiger partial charge in [0.05, 0.1) is 12.3 Å². The van der Waals surface area contributed by atoms with Crippen molar-refractivity contribution >= 4 is 11.4 Å². The number of fused-ring (bicyclic) bond motifs is 1. The first kappa shape index (κ1) is 11.1. The summed E-state index contributed by atoms with van der Waals surface area (Å²) in [7, 11) is 0. The molecule has 0 aliphatic carbocycles. The molecule has 1 heterocycles. The van der Waals surface area contributed by atoms with E-state index in [4.69, 9.17) is 4.74 Å². The molecular formula is C13H20N2O. The Bertz CT molecular complexity index is 365. The topological polar surface area (TPSA) is 33.3 Å². The standard InChI is InChI=1S/C13H20N2O/c1-4-16-12-7-5-6-11-13(12)14-8-9(2)10(3)15-11/h5-7,9-10,14-15H,4,8H2,1-3H3. The fourth-order valence-electron chi connectivity index (χ4n) is 1.94. The lowest BCUT2D eigenvalue weighted by Gasteiger charge is -2.17. The van der Waals surface area contributed by atoms with Crippen LogP contribution in [-0.2, 0) is 0 Å². The maximum absolute atomic E-state index is 5.63. The molecular weight excluding hydrogens is 200 g/mol. The van der Waals surface area contributed by atoms with Gasteiger partial charge in [-0.15, -0.1) is 0 Å². The summed E-state index contributed by atoms with van der Waals surface area (Å²) < 4.78 is 5.63. The smallest absolute Gasteiger partial charge is 0.144 e. The Morgan fingerprint density at radius 1 is 1.38 bits per heavy atom. The maximum atomic E-state index is 5.63. The molecule has 0 bridgehead atoms. The summed E-state index contributed by atoms with van der Waals surface area (Å²) in [5.41, 5.74) is 2.24. The van der Waals surface area contributed by atoms with E-state index in [-0.39, 0.29) is 0 Å². The summed E-state index contributed by atoms with van der Waals surface area (Å²) in [5, 5.41) is 7.00. The van der Waals surface area contributed by atoms with Crippen LogP contribution in [0, 0.1) is 5.92 Å². The maximum Gasteiger partial charge on any atom is 0.144 e. The zero-order valence-electron chi connectivity index (χ0n) is 10.2. The fraction of sp³-hybridized carbons (Fsp3) is 0.538. The van der Waals surface area contributed by atoms with Crippen molar-refractivity contribution in [2.45, 2.75) is 26.8 Å². The second-order valence-electron chi connectivity index (χ2n) is 4.40. The molecule has 88 valence electrons. The molecule has 2 unspecified atom stereocenters. The number of benzene rings is 1. The van der Waals surface area contributed by atoms with Crippen LogP contribution in [0.2, 0.25) is 0 Å². The average Bonchev–Trinajstić information content (AvgIpc) is 2.41. The number of anilines is 2. The highest BCUT2D eigenvalue weighted by Gasteiger charge is 2.20. The molecule has 2 rings (SSSR count). The molecule has 0 aromatic heterocycles. The molecule has 0 fully saturated rings. The summed E-state index contributed by atoms with van der Waals surface area (Å²) >= 11 is 0. The zero-order chi connectivity index (χ0) is 11.5. The van der Waals surface area contributed by atoms with E-state index in [1.54, 1.807) is 0 Å². The molecule has 16 heavy (non-hydrogen) atoms. The normalized spacial score (nSPS) is 23.7. The SMILES string of the molecule is CCOc1cccc2c1NCC(C)C(C)N2. The molecule has 3 heteroatoms. The molecule has 0 saturated carbocycles. The Hall–Kier alpha value is -1.38. The van der Waals surface area contributed by atoms with E-state index in [1.807, 2.05) is 19.1 Å². The zero-order valence-corrected chi connectivity index (χ0v) is 10.2. The number of hydrogen-bond acceptors (Lipinski definition) is 3. The van der Waals surface area contributed by atoms with Gasteiger partial charge in [0, 0.05) is 12.6 Å². The first-order valence-corrected chi connectivity index (χ1v) is 5.98. The minimum atomic E-state index is 0.477. The van der Waals surface area contributed by atoms with E-state index in [2.05, 4.69) is 30.5 Å². The lowest BCUT2D eigenvalue weighted by Crippen LogP contribution is -2.25. The van der Waals surface area contributed by atoms with Crippen LogP contribution >= 0.6 is 0 Å². The van der Waals surface area contributed by atoms with Gasteiger partial charge in [0.15, 0.2) is 0 Å². The fourth-order valence-corrected chi connectivity index (χ4v) is 1.94. The van der Waals surface area contributed by atoms with Gasteiger partial charge in [0.1, 0.15) is 11.4 Å². The Morgan fingerprint density at radius 3 is 2.94 bits per heavy atom. The van der Waals surface area contributed by atoms with Crippen LogP contribution in [0.15, 0.2) is 18.2 Å². The van der Waals surface area contributed by atoms with Gasteiger partial charge < -0.3 is 15.4 Å². The third kappa shape index (κ3) is 2.08. The van der Waals surface area contributed by atoms with Crippen molar-refractivity contribution in [3.05, 3.63) is 18.2 Å². The molecule has 2 atom stereocenters. The van der Waals surface area contributed by atoms with Crippen LogP contribution in [0.25, 0.3) is 0 Å². The average molecular weight is 220 g/mol. The summed E-state index contributed by atoms with van der Waals surface area (Å²) in [5.74, 6) is 1.54. The van der Waals surface area contributed by atoms with Crippen molar-refractivity contribution in [2.75, 3.05) is 23.8 Å². The second kappa shape index (κ2) is 4.64. The van der Waals surface area contributed by atoms with Gasteiger partial charge in [0.25, 0.3) is 0 Å². The van der Waals surface area contributed by atoms with E-state index in [0.29, 0.717) is 18.6 Å².